The Morgan fingerprint density at radius 3 is 2.33 bits per heavy atom. The summed E-state index contributed by atoms with van der Waals surface area (Å²) in [6.07, 6.45) is 4.61. The predicted octanol–water partition coefficient (Wildman–Crippen LogP) is 6.72. The second-order valence-electron chi connectivity index (χ2n) is 10.9. The van der Waals surface area contributed by atoms with Gasteiger partial charge >= 0.3 is 5.97 Å². The Morgan fingerprint density at radius 2 is 1.67 bits per heavy atom. The van der Waals surface area contributed by atoms with Crippen LogP contribution in [0.4, 0.5) is 0 Å². The zero-order chi connectivity index (χ0) is 30.0. The summed E-state index contributed by atoms with van der Waals surface area (Å²) >= 11 is 3.63. The summed E-state index contributed by atoms with van der Waals surface area (Å²) in [6, 6.07) is 9.56. The van der Waals surface area contributed by atoms with Gasteiger partial charge in [-0.1, -0.05) is 6.07 Å². The molecular formula is C33H38BrNO7. The Bertz CT molecular complexity index is 1440. The maximum Gasteiger partial charge on any atom is 0.337 e. The normalized spacial score (nSPS) is 20.7. The molecule has 0 radical (unpaired) electrons. The Morgan fingerprint density at radius 1 is 0.952 bits per heavy atom. The van der Waals surface area contributed by atoms with E-state index < -0.39 is 5.92 Å². The number of halogens is 1. The summed E-state index contributed by atoms with van der Waals surface area (Å²) in [5, 5.41) is 3.45. The van der Waals surface area contributed by atoms with Gasteiger partial charge in [0.1, 0.15) is 6.10 Å². The first-order valence-corrected chi connectivity index (χ1v) is 15.3. The highest BCUT2D eigenvalue weighted by Gasteiger charge is 2.42. The topological polar surface area (TPSA) is 92.3 Å². The third kappa shape index (κ3) is 5.76. The second-order valence-corrected chi connectivity index (χ2v) is 11.8. The minimum atomic E-state index is -0.615. The van der Waals surface area contributed by atoms with Crippen LogP contribution in [0.3, 0.4) is 0 Å². The van der Waals surface area contributed by atoms with E-state index in [9.17, 15) is 9.59 Å². The number of hydrogen-bond donors (Lipinski definition) is 1. The number of Topliss-reactive ketones (excluding diaryl/α,β-unsaturated/α-hetero) is 1. The number of carbonyl (C=O) groups excluding carboxylic acids is 2. The molecule has 0 unspecified atom stereocenters. The van der Waals surface area contributed by atoms with Gasteiger partial charge in [-0.2, -0.15) is 0 Å². The minimum Gasteiger partial charge on any atom is -0.493 e. The van der Waals surface area contributed by atoms with E-state index in [0.29, 0.717) is 63.8 Å². The predicted molar refractivity (Wildman–Crippen MR) is 162 cm³/mol. The van der Waals surface area contributed by atoms with E-state index in [2.05, 4.69) is 21.2 Å². The Balaban J connectivity index is 1.59. The van der Waals surface area contributed by atoms with Gasteiger partial charge in [0.2, 0.25) is 0 Å². The summed E-state index contributed by atoms with van der Waals surface area (Å²) in [5.74, 6) is 1.27. The summed E-state index contributed by atoms with van der Waals surface area (Å²) in [4.78, 5) is 27.9. The fourth-order valence-corrected chi connectivity index (χ4v) is 7.04. The van der Waals surface area contributed by atoms with Gasteiger partial charge < -0.3 is 29.0 Å². The molecule has 0 aromatic heterocycles. The number of dihydropyridines is 1. The van der Waals surface area contributed by atoms with Crippen LogP contribution < -0.4 is 24.3 Å². The molecule has 1 aliphatic heterocycles. The lowest BCUT2D eigenvalue weighted by molar-refractivity contribution is -0.144. The molecule has 3 aliphatic rings. The molecule has 224 valence electrons. The number of carbonyl (C=O) groups is 2. The van der Waals surface area contributed by atoms with E-state index in [1.165, 1.54) is 0 Å². The van der Waals surface area contributed by atoms with Gasteiger partial charge in [0.05, 0.1) is 38.0 Å². The SMILES string of the molecule is CCOc1cc([C@@H]2C(C(=O)OC3CCCC3)=C(C)NC3=C2C(=O)C[C@@H](c2ccc(OC)c(OC)c2)C3)cc(Br)c1OC. The van der Waals surface area contributed by atoms with E-state index in [4.69, 9.17) is 23.7 Å². The highest BCUT2D eigenvalue weighted by molar-refractivity contribution is 9.10. The Hall–Kier alpha value is -3.46. The van der Waals surface area contributed by atoms with Gasteiger partial charge in [-0.15, -0.1) is 0 Å². The molecule has 8 nitrogen and oxygen atoms in total. The van der Waals surface area contributed by atoms with Gasteiger partial charge in [0, 0.05) is 29.3 Å². The fraction of sp³-hybridized carbons (Fsp3) is 0.455. The summed E-state index contributed by atoms with van der Waals surface area (Å²) in [6.45, 7) is 4.22. The monoisotopic (exact) mass is 639 g/mol. The lowest BCUT2D eigenvalue weighted by Gasteiger charge is -2.37. The van der Waals surface area contributed by atoms with Crippen molar-refractivity contribution in [1.82, 2.24) is 5.32 Å². The van der Waals surface area contributed by atoms with Crippen molar-refractivity contribution < 1.29 is 33.3 Å². The first kappa shape index (κ1) is 30.0. The van der Waals surface area contributed by atoms with Crippen LogP contribution in [0.15, 0.2) is 57.3 Å². The molecule has 1 N–H and O–H groups in total. The van der Waals surface area contributed by atoms with Crippen molar-refractivity contribution in [3.8, 4) is 23.0 Å². The molecule has 0 bridgehead atoms. The molecule has 2 aromatic rings. The summed E-state index contributed by atoms with van der Waals surface area (Å²) < 4.78 is 29.1. The molecule has 1 heterocycles. The Kier molecular flexibility index (Phi) is 9.16. The highest BCUT2D eigenvalue weighted by Crippen LogP contribution is 2.49. The molecule has 42 heavy (non-hydrogen) atoms. The number of ketones is 1. The van der Waals surface area contributed by atoms with Crippen LogP contribution in [0.25, 0.3) is 0 Å². The second kappa shape index (κ2) is 12.8. The van der Waals surface area contributed by atoms with Crippen molar-refractivity contribution >= 4 is 27.7 Å². The molecule has 1 saturated carbocycles. The largest absolute Gasteiger partial charge is 0.493 e. The maximum absolute atomic E-state index is 14.1. The maximum atomic E-state index is 14.1. The number of esters is 1. The molecule has 0 saturated heterocycles. The number of rotatable bonds is 9. The van der Waals surface area contributed by atoms with Crippen LogP contribution in [0.1, 0.15) is 75.3 Å². The third-order valence-corrected chi connectivity index (χ3v) is 8.96. The number of ether oxygens (including phenoxy) is 5. The molecule has 2 aliphatic carbocycles. The van der Waals surface area contributed by atoms with Crippen molar-refractivity contribution in [2.45, 2.75) is 70.3 Å². The molecule has 9 heteroatoms. The van der Waals surface area contributed by atoms with Crippen LogP contribution >= 0.6 is 15.9 Å². The number of methoxy groups -OCH3 is 3. The summed E-state index contributed by atoms with van der Waals surface area (Å²) in [7, 11) is 4.79. The smallest absolute Gasteiger partial charge is 0.337 e. The van der Waals surface area contributed by atoms with Crippen molar-refractivity contribution in [3.05, 3.63) is 68.5 Å². The molecular weight excluding hydrogens is 602 g/mol. The van der Waals surface area contributed by atoms with Gasteiger partial charge in [-0.25, -0.2) is 4.79 Å². The standard InChI is InChI=1S/C33H38BrNO7/c1-6-41-28-17-21(13-23(34)32(28)40-5)30-29(33(37)42-22-9-7-8-10-22)18(2)35-24-14-20(15-25(36)31(24)30)19-11-12-26(38-3)27(16-19)39-4/h11-13,16-17,20,22,30,35H,6-10,14-15H2,1-5H3/t20-,30+/m0/s1. The first-order valence-electron chi connectivity index (χ1n) is 14.5. The molecule has 0 spiro atoms. The van der Waals surface area contributed by atoms with Gasteiger partial charge in [-0.05, 0) is 103 Å². The molecule has 2 aromatic carbocycles. The van der Waals surface area contributed by atoms with E-state index in [0.717, 1.165) is 42.5 Å². The molecule has 2 atom stereocenters. The molecule has 1 fully saturated rings. The fourth-order valence-electron chi connectivity index (χ4n) is 6.42. The van der Waals surface area contributed by atoms with Crippen molar-refractivity contribution in [2.75, 3.05) is 27.9 Å². The first-order chi connectivity index (χ1) is 20.3. The lowest BCUT2D eigenvalue weighted by Crippen LogP contribution is -2.36. The van der Waals surface area contributed by atoms with Crippen molar-refractivity contribution in [2.24, 2.45) is 0 Å². The van der Waals surface area contributed by atoms with E-state index in [1.54, 1.807) is 21.3 Å². The van der Waals surface area contributed by atoms with Gasteiger partial charge in [0.25, 0.3) is 0 Å². The lowest BCUT2D eigenvalue weighted by atomic mass is 9.71. The Labute approximate surface area is 255 Å². The van der Waals surface area contributed by atoms with Gasteiger partial charge in [-0.3, -0.25) is 4.79 Å². The van der Waals surface area contributed by atoms with Crippen LogP contribution in [0.5, 0.6) is 23.0 Å². The van der Waals surface area contributed by atoms with E-state index in [1.807, 2.05) is 44.2 Å². The summed E-state index contributed by atoms with van der Waals surface area (Å²) in [5.41, 5.74) is 4.30. The van der Waals surface area contributed by atoms with E-state index >= 15 is 0 Å². The zero-order valence-corrected chi connectivity index (χ0v) is 26.4. The van der Waals surface area contributed by atoms with Crippen molar-refractivity contribution in [3.63, 3.8) is 0 Å². The highest BCUT2D eigenvalue weighted by atomic mass is 79.9. The number of benzene rings is 2. The average Bonchev–Trinajstić information content (AvgIpc) is 3.48. The zero-order valence-electron chi connectivity index (χ0n) is 24.8. The number of nitrogens with one attached hydrogen (secondary N) is 1. The van der Waals surface area contributed by atoms with E-state index in [-0.39, 0.29) is 23.8 Å². The van der Waals surface area contributed by atoms with Crippen LogP contribution in [0.2, 0.25) is 0 Å². The molecule has 5 rings (SSSR count). The number of hydrogen-bond acceptors (Lipinski definition) is 8. The average molecular weight is 641 g/mol. The third-order valence-electron chi connectivity index (χ3n) is 8.37. The van der Waals surface area contributed by atoms with Crippen molar-refractivity contribution in [1.29, 1.82) is 0 Å². The van der Waals surface area contributed by atoms with Crippen LogP contribution in [-0.2, 0) is 14.3 Å². The van der Waals surface area contributed by atoms with Crippen LogP contribution in [-0.4, -0.2) is 45.8 Å². The quantitative estimate of drug-likeness (QED) is 0.302. The van der Waals surface area contributed by atoms with Gasteiger partial charge in [0.15, 0.2) is 28.8 Å². The number of allylic oxidation sites excluding steroid dienone is 3. The van der Waals surface area contributed by atoms with Crippen LogP contribution in [0, 0.1) is 0 Å². The molecule has 0 amide bonds. The minimum absolute atomic E-state index is 0.0166.